The molecule has 7 nitrogen and oxygen atoms in total. The van der Waals surface area contributed by atoms with Crippen molar-refractivity contribution in [2.24, 2.45) is 5.92 Å². The van der Waals surface area contributed by atoms with E-state index in [1.165, 1.54) is 5.56 Å². The zero-order chi connectivity index (χ0) is 24.2. The van der Waals surface area contributed by atoms with Gasteiger partial charge in [0.05, 0.1) is 5.92 Å². The van der Waals surface area contributed by atoms with Crippen LogP contribution < -0.4 is 14.5 Å². The molecule has 2 aromatic carbocycles. The molecule has 3 heterocycles. The lowest BCUT2D eigenvalue weighted by molar-refractivity contribution is -0.136. The molecule has 0 radical (unpaired) electrons. The maximum absolute atomic E-state index is 13.4. The number of carbonyl (C=O) groups excluding carboxylic acids is 1. The Balaban J connectivity index is 1.22. The van der Waals surface area contributed by atoms with Gasteiger partial charge in [0.2, 0.25) is 5.91 Å². The van der Waals surface area contributed by atoms with E-state index in [-0.39, 0.29) is 11.8 Å². The van der Waals surface area contributed by atoms with E-state index in [1.807, 2.05) is 60.4 Å². The molecular weight excluding hydrogens is 462 g/mol. The zero-order valence-electron chi connectivity index (χ0n) is 19.9. The molecule has 182 valence electrons. The van der Waals surface area contributed by atoms with Crippen molar-refractivity contribution in [1.82, 2.24) is 14.9 Å². The minimum Gasteiger partial charge on any atom is -0.436 e. The molecule has 2 saturated heterocycles. The number of rotatable bonds is 5. The van der Waals surface area contributed by atoms with Gasteiger partial charge in [-0.1, -0.05) is 29.3 Å². The largest absolute Gasteiger partial charge is 0.436 e. The molecule has 1 amide bonds. The van der Waals surface area contributed by atoms with Crippen LogP contribution in [0, 0.1) is 12.8 Å². The number of nitrogens with zero attached hydrogens (tertiary/aromatic N) is 5. The summed E-state index contributed by atoms with van der Waals surface area (Å²) in [5, 5.41) is 0.736. The van der Waals surface area contributed by atoms with Gasteiger partial charge in [-0.15, -0.1) is 0 Å². The van der Waals surface area contributed by atoms with Crippen LogP contribution in [-0.4, -0.2) is 60.0 Å². The fraction of sp³-hybridized carbons (Fsp3) is 0.370. The predicted molar refractivity (Wildman–Crippen MR) is 138 cm³/mol. The number of aromatic nitrogens is 2. The summed E-state index contributed by atoms with van der Waals surface area (Å²) in [5.41, 5.74) is 2.32. The van der Waals surface area contributed by atoms with Gasteiger partial charge in [-0.3, -0.25) is 4.79 Å². The van der Waals surface area contributed by atoms with E-state index < -0.39 is 0 Å². The molecule has 0 aliphatic carbocycles. The minimum atomic E-state index is -0.0555. The summed E-state index contributed by atoms with van der Waals surface area (Å²) in [6.07, 6.45) is 5.14. The third kappa shape index (κ3) is 5.51. The molecule has 1 atom stereocenters. The quantitative estimate of drug-likeness (QED) is 0.511. The van der Waals surface area contributed by atoms with E-state index in [0.29, 0.717) is 18.2 Å². The summed E-state index contributed by atoms with van der Waals surface area (Å²) in [7, 11) is 0. The fourth-order valence-corrected chi connectivity index (χ4v) is 4.92. The topological polar surface area (TPSA) is 61.8 Å². The van der Waals surface area contributed by atoms with Crippen molar-refractivity contribution >= 4 is 29.0 Å². The average molecular weight is 492 g/mol. The zero-order valence-corrected chi connectivity index (χ0v) is 20.7. The van der Waals surface area contributed by atoms with Crippen molar-refractivity contribution in [1.29, 1.82) is 0 Å². The average Bonchev–Trinajstić information content (AvgIpc) is 2.90. The van der Waals surface area contributed by atoms with Gasteiger partial charge >= 0.3 is 0 Å². The van der Waals surface area contributed by atoms with Gasteiger partial charge in [-0.2, -0.15) is 0 Å². The Morgan fingerprint density at radius 2 is 1.63 bits per heavy atom. The van der Waals surface area contributed by atoms with Crippen LogP contribution in [0.2, 0.25) is 5.02 Å². The highest BCUT2D eigenvalue weighted by Gasteiger charge is 2.32. The molecule has 3 aromatic rings. The van der Waals surface area contributed by atoms with E-state index >= 15 is 0 Å². The van der Waals surface area contributed by atoms with Crippen LogP contribution in [0.3, 0.4) is 0 Å². The van der Waals surface area contributed by atoms with Gasteiger partial charge in [0.25, 0.3) is 5.88 Å². The third-order valence-electron chi connectivity index (χ3n) is 6.74. The highest BCUT2D eigenvalue weighted by Crippen LogP contribution is 2.32. The number of benzene rings is 2. The molecule has 35 heavy (non-hydrogen) atoms. The maximum atomic E-state index is 13.4. The van der Waals surface area contributed by atoms with E-state index in [9.17, 15) is 4.79 Å². The Morgan fingerprint density at radius 3 is 2.37 bits per heavy atom. The van der Waals surface area contributed by atoms with Gasteiger partial charge in [0.15, 0.2) is 5.82 Å². The first-order valence-electron chi connectivity index (χ1n) is 12.2. The van der Waals surface area contributed by atoms with Crippen molar-refractivity contribution in [3.8, 4) is 11.6 Å². The number of halogens is 1. The number of aryl methyl sites for hydroxylation is 1. The molecule has 0 saturated carbocycles. The number of amides is 1. The van der Waals surface area contributed by atoms with Gasteiger partial charge in [-0.05, 0) is 56.2 Å². The van der Waals surface area contributed by atoms with Crippen molar-refractivity contribution in [2.75, 3.05) is 49.1 Å². The van der Waals surface area contributed by atoms with Crippen LogP contribution in [0.25, 0.3) is 0 Å². The summed E-state index contributed by atoms with van der Waals surface area (Å²) in [5.74, 6) is 2.06. The first-order chi connectivity index (χ1) is 17.1. The summed E-state index contributed by atoms with van der Waals surface area (Å²) >= 11 is 6.02. The monoisotopic (exact) mass is 491 g/mol. The molecule has 2 aliphatic rings. The molecule has 0 spiro atoms. The lowest BCUT2D eigenvalue weighted by Crippen LogP contribution is -2.52. The normalized spacial score (nSPS) is 18.5. The molecule has 0 unspecified atom stereocenters. The van der Waals surface area contributed by atoms with E-state index in [4.69, 9.17) is 16.3 Å². The SMILES string of the molecule is Cc1ccc(Oc2nccnc2N2CCC[C@H](C(=O)N3CCN(c4ccc(Cl)cc4)CC3)C2)cc1. The van der Waals surface area contributed by atoms with Crippen LogP contribution in [-0.2, 0) is 4.79 Å². The molecule has 8 heteroatoms. The highest BCUT2D eigenvalue weighted by molar-refractivity contribution is 6.30. The summed E-state index contributed by atoms with van der Waals surface area (Å²) in [6, 6.07) is 15.8. The standard InChI is InChI=1S/C27H30ClN5O2/c1-20-4-10-24(11-5-20)35-26-25(29-12-13-30-26)33-14-2-3-21(19-33)27(34)32-17-15-31(16-18-32)23-8-6-22(28)7-9-23/h4-13,21H,2-3,14-19H2,1H3/t21-/m0/s1. The first kappa shape index (κ1) is 23.4. The lowest BCUT2D eigenvalue weighted by Gasteiger charge is -2.40. The summed E-state index contributed by atoms with van der Waals surface area (Å²) in [6.45, 7) is 6.59. The summed E-state index contributed by atoms with van der Waals surface area (Å²) in [4.78, 5) is 28.9. The Labute approximate surface area is 211 Å². The van der Waals surface area contributed by atoms with Gasteiger partial charge in [-0.25, -0.2) is 9.97 Å². The molecular formula is C27H30ClN5O2. The number of hydrogen-bond donors (Lipinski definition) is 0. The molecule has 5 rings (SSSR count). The number of anilines is 2. The van der Waals surface area contributed by atoms with Crippen LogP contribution in [0.5, 0.6) is 11.6 Å². The van der Waals surface area contributed by atoms with E-state index in [0.717, 1.165) is 62.0 Å². The Bertz CT molecular complexity index is 1150. The minimum absolute atomic E-state index is 0.0555. The van der Waals surface area contributed by atoms with Crippen molar-refractivity contribution in [2.45, 2.75) is 19.8 Å². The second-order valence-corrected chi connectivity index (χ2v) is 9.61. The number of piperidine rings is 1. The Morgan fingerprint density at radius 1 is 0.914 bits per heavy atom. The molecule has 0 N–H and O–H groups in total. The molecule has 1 aromatic heterocycles. The molecule has 2 fully saturated rings. The van der Waals surface area contributed by atoms with Crippen molar-refractivity contribution in [3.63, 3.8) is 0 Å². The van der Waals surface area contributed by atoms with Crippen molar-refractivity contribution in [3.05, 3.63) is 71.5 Å². The van der Waals surface area contributed by atoms with E-state index in [2.05, 4.69) is 19.8 Å². The Hall–Kier alpha value is -3.32. The van der Waals surface area contributed by atoms with E-state index in [1.54, 1.807) is 12.4 Å². The number of hydrogen-bond acceptors (Lipinski definition) is 6. The molecule has 0 bridgehead atoms. The van der Waals surface area contributed by atoms with Crippen LogP contribution >= 0.6 is 11.6 Å². The van der Waals surface area contributed by atoms with Crippen molar-refractivity contribution < 1.29 is 9.53 Å². The van der Waals surface area contributed by atoms with Crippen LogP contribution in [0.1, 0.15) is 18.4 Å². The van der Waals surface area contributed by atoms with Gasteiger partial charge in [0, 0.05) is 62.4 Å². The number of ether oxygens (including phenoxy) is 1. The first-order valence-corrected chi connectivity index (χ1v) is 12.5. The molecule has 2 aliphatic heterocycles. The lowest BCUT2D eigenvalue weighted by atomic mass is 9.96. The maximum Gasteiger partial charge on any atom is 0.263 e. The van der Waals surface area contributed by atoms with Crippen LogP contribution in [0.15, 0.2) is 60.9 Å². The highest BCUT2D eigenvalue weighted by atomic mass is 35.5. The third-order valence-corrected chi connectivity index (χ3v) is 6.99. The summed E-state index contributed by atoms with van der Waals surface area (Å²) < 4.78 is 6.07. The van der Waals surface area contributed by atoms with Gasteiger partial charge < -0.3 is 19.4 Å². The number of piperazine rings is 1. The number of carbonyl (C=O) groups is 1. The smallest absolute Gasteiger partial charge is 0.263 e. The van der Waals surface area contributed by atoms with Crippen LogP contribution in [0.4, 0.5) is 11.5 Å². The fourth-order valence-electron chi connectivity index (χ4n) is 4.79. The Kier molecular flexibility index (Phi) is 7.04. The predicted octanol–water partition coefficient (Wildman–Crippen LogP) is 4.80. The second-order valence-electron chi connectivity index (χ2n) is 9.17. The second kappa shape index (κ2) is 10.5. The van der Waals surface area contributed by atoms with Gasteiger partial charge in [0.1, 0.15) is 5.75 Å².